The molecule has 0 rings (SSSR count). The van der Waals surface area contributed by atoms with Crippen LogP contribution in [-0.2, 0) is 9.09 Å². The molecule has 1 unspecified atom stereocenters. The molecule has 0 aromatic rings. The van der Waals surface area contributed by atoms with Gasteiger partial charge in [0.25, 0.3) is 0 Å². The normalized spacial score (nSPS) is 18.9. The van der Waals surface area contributed by atoms with E-state index in [9.17, 15) is 4.57 Å². The van der Waals surface area contributed by atoms with Crippen molar-refractivity contribution >= 4 is 8.25 Å². The Balaban J connectivity index is 3.50. The van der Waals surface area contributed by atoms with Gasteiger partial charge in [-0.1, -0.05) is 4.52 Å². The number of nitrogens with two attached hydrogens (primary N) is 1. The van der Waals surface area contributed by atoms with Gasteiger partial charge in [0.1, 0.15) is 0 Å². The van der Waals surface area contributed by atoms with E-state index in [4.69, 9.17) is 15.7 Å². The Labute approximate surface area is 53.4 Å². The summed E-state index contributed by atoms with van der Waals surface area (Å²) in [6.07, 6.45) is -2.02. The average molecular weight is 154 g/mol. The van der Waals surface area contributed by atoms with E-state index in [1.165, 1.54) is 6.92 Å². The second-order valence-corrected chi connectivity index (χ2v) is 2.23. The predicted octanol–water partition coefficient (Wildman–Crippen LogP) is -0.682. The Morgan fingerprint density at radius 2 is 2.22 bits per heavy atom. The molecule has 0 heterocycles. The van der Waals surface area contributed by atoms with Gasteiger partial charge in [0.15, 0.2) is 6.23 Å². The highest BCUT2D eigenvalue weighted by molar-refractivity contribution is 7.32. The van der Waals surface area contributed by atoms with Crippen molar-refractivity contribution in [1.82, 2.24) is 0 Å². The van der Waals surface area contributed by atoms with Crippen molar-refractivity contribution in [1.29, 1.82) is 0 Å². The van der Waals surface area contributed by atoms with Crippen LogP contribution in [0.5, 0.6) is 0 Å². The summed E-state index contributed by atoms with van der Waals surface area (Å²) < 4.78 is 14.0. The van der Waals surface area contributed by atoms with Crippen LogP contribution in [0.3, 0.4) is 0 Å². The van der Waals surface area contributed by atoms with Crippen LogP contribution in [0.25, 0.3) is 0 Å². The molecule has 0 aromatic heterocycles. The fraction of sp³-hybridized carbons (Fsp3) is 1.00. The lowest BCUT2D eigenvalue weighted by Gasteiger charge is -2.04. The summed E-state index contributed by atoms with van der Waals surface area (Å²) in [6.45, 7) is 1.36. The van der Waals surface area contributed by atoms with Crippen LogP contribution in [0.4, 0.5) is 0 Å². The summed E-state index contributed by atoms with van der Waals surface area (Å²) in [4.78, 5) is 8.07. The summed E-state index contributed by atoms with van der Waals surface area (Å²) in [5.74, 6) is 0. The van der Waals surface area contributed by atoms with Crippen molar-refractivity contribution in [3.05, 3.63) is 0 Å². The van der Waals surface area contributed by atoms with Gasteiger partial charge >= 0.3 is 8.25 Å². The first-order valence-corrected chi connectivity index (χ1v) is 3.43. The highest BCUT2D eigenvalue weighted by Gasteiger charge is 2.22. The maximum absolute atomic E-state index is 9.85. The maximum atomic E-state index is 9.85. The Kier molecular flexibility index (Phi) is 3.84. The molecule has 54 valence electrons. The molecule has 6 heteroatoms. The van der Waals surface area contributed by atoms with Gasteiger partial charge in [0.05, 0.1) is 6.10 Å². The van der Waals surface area contributed by atoms with E-state index in [1.54, 1.807) is 0 Å². The smallest absolute Gasteiger partial charge is 0.389 e. The van der Waals surface area contributed by atoms with E-state index >= 15 is 0 Å². The van der Waals surface area contributed by atoms with Gasteiger partial charge in [0.2, 0.25) is 0 Å². The Morgan fingerprint density at radius 3 is 2.33 bits per heavy atom. The third-order valence-electron chi connectivity index (χ3n) is 0.687. The first-order valence-electron chi connectivity index (χ1n) is 2.30. The summed E-state index contributed by atoms with van der Waals surface area (Å²) in [6, 6.07) is 0. The van der Waals surface area contributed by atoms with E-state index < -0.39 is 20.6 Å². The molecule has 4 N–H and O–H groups in total. The molecule has 5 nitrogen and oxygen atoms in total. The van der Waals surface area contributed by atoms with Gasteiger partial charge in [-0.05, 0) is 6.92 Å². The van der Waals surface area contributed by atoms with Gasteiger partial charge in [-0.25, -0.2) is 0 Å². The molecular weight excluding hydrogens is 145 g/mol. The molecule has 3 atom stereocenters. The van der Waals surface area contributed by atoms with Gasteiger partial charge < -0.3 is 5.11 Å². The minimum Gasteiger partial charge on any atom is -0.389 e. The minimum atomic E-state index is -2.71. The topological polar surface area (TPSA) is 92.8 Å². The number of hydrogen-bond donors (Lipinski definition) is 3. The SMILES string of the molecule is C[C@@H](O)[C@H](N)O[P+](=O)O. The van der Waals surface area contributed by atoms with Gasteiger partial charge in [0, 0.05) is 4.57 Å². The van der Waals surface area contributed by atoms with Gasteiger partial charge in [-0.3, -0.25) is 5.73 Å². The van der Waals surface area contributed by atoms with E-state index in [-0.39, 0.29) is 0 Å². The lowest BCUT2D eigenvalue weighted by atomic mass is 10.4. The zero-order chi connectivity index (χ0) is 7.44. The molecule has 0 saturated heterocycles. The second-order valence-electron chi connectivity index (χ2n) is 1.55. The number of aliphatic hydroxyl groups is 1. The molecule has 0 saturated carbocycles. The van der Waals surface area contributed by atoms with Crippen molar-refractivity contribution in [3.8, 4) is 0 Å². The van der Waals surface area contributed by atoms with Crippen molar-refractivity contribution in [3.63, 3.8) is 0 Å². The zero-order valence-electron chi connectivity index (χ0n) is 4.89. The molecule has 0 aliphatic heterocycles. The van der Waals surface area contributed by atoms with E-state index in [0.29, 0.717) is 0 Å². The molecule has 0 aliphatic carbocycles. The minimum absolute atomic E-state index is 0.934. The summed E-state index contributed by atoms with van der Waals surface area (Å²) in [7, 11) is -2.71. The van der Waals surface area contributed by atoms with Crippen LogP contribution in [0, 0.1) is 0 Å². The molecule has 0 spiro atoms. The molecule has 0 aliphatic rings. The summed E-state index contributed by atoms with van der Waals surface area (Å²) in [5, 5.41) is 8.58. The molecular formula is C3H9NO4P+. The van der Waals surface area contributed by atoms with E-state index in [1.807, 2.05) is 0 Å². The molecule has 0 amide bonds. The first-order chi connectivity index (χ1) is 4.04. The lowest BCUT2D eigenvalue weighted by Crippen LogP contribution is -2.33. The number of hydrogen-bond acceptors (Lipinski definition) is 4. The highest BCUT2D eigenvalue weighted by Crippen LogP contribution is 2.16. The van der Waals surface area contributed by atoms with Crippen molar-refractivity contribution in [2.24, 2.45) is 5.73 Å². The van der Waals surface area contributed by atoms with E-state index in [0.717, 1.165) is 0 Å². The van der Waals surface area contributed by atoms with Gasteiger partial charge in [-0.15, -0.1) is 4.89 Å². The Bertz CT molecular complexity index is 106. The number of rotatable bonds is 3. The van der Waals surface area contributed by atoms with Crippen molar-refractivity contribution < 1.29 is 19.1 Å². The average Bonchev–Trinajstić information content (AvgIpc) is 1.63. The molecule has 9 heavy (non-hydrogen) atoms. The Hall–Kier alpha value is -0.0600. The van der Waals surface area contributed by atoms with Crippen LogP contribution < -0.4 is 5.73 Å². The fourth-order valence-corrected chi connectivity index (χ4v) is 0.577. The van der Waals surface area contributed by atoms with Gasteiger partial charge in [-0.2, -0.15) is 0 Å². The van der Waals surface area contributed by atoms with E-state index in [2.05, 4.69) is 4.52 Å². The van der Waals surface area contributed by atoms with Crippen LogP contribution in [0.1, 0.15) is 6.92 Å². The first kappa shape index (κ1) is 8.94. The standard InChI is InChI=1S/C3H8NO4P/c1-2(5)3(4)8-9(6)7/h2-3,5H,4H2,1H3/p+1/t2-,3-/m1/s1. The fourth-order valence-electron chi connectivity index (χ4n) is 0.192. The Morgan fingerprint density at radius 1 is 1.78 bits per heavy atom. The summed E-state index contributed by atoms with van der Waals surface area (Å²) in [5.41, 5.74) is 5.00. The molecule has 0 fully saturated rings. The zero-order valence-corrected chi connectivity index (χ0v) is 5.78. The highest BCUT2D eigenvalue weighted by atomic mass is 31.1. The molecule has 0 aromatic carbocycles. The van der Waals surface area contributed by atoms with Crippen LogP contribution in [0.15, 0.2) is 0 Å². The monoisotopic (exact) mass is 154 g/mol. The largest absolute Gasteiger partial charge is 0.696 e. The maximum Gasteiger partial charge on any atom is 0.696 e. The quantitative estimate of drug-likeness (QED) is 0.370. The molecule has 0 bridgehead atoms. The van der Waals surface area contributed by atoms with Crippen molar-refractivity contribution in [2.45, 2.75) is 19.3 Å². The predicted molar refractivity (Wildman–Crippen MR) is 30.6 cm³/mol. The third kappa shape index (κ3) is 4.44. The lowest BCUT2D eigenvalue weighted by molar-refractivity contribution is 0.0506. The van der Waals surface area contributed by atoms with Crippen molar-refractivity contribution in [2.75, 3.05) is 0 Å². The third-order valence-corrected chi connectivity index (χ3v) is 1.11. The molecule has 0 radical (unpaired) electrons. The van der Waals surface area contributed by atoms with Crippen LogP contribution in [0.2, 0.25) is 0 Å². The van der Waals surface area contributed by atoms with Crippen LogP contribution >= 0.6 is 8.25 Å². The summed E-state index contributed by atoms with van der Waals surface area (Å²) >= 11 is 0. The second kappa shape index (κ2) is 3.87. The van der Waals surface area contributed by atoms with Crippen LogP contribution in [-0.4, -0.2) is 22.3 Å². The number of aliphatic hydroxyl groups excluding tert-OH is 1.